The van der Waals surface area contributed by atoms with E-state index in [0.29, 0.717) is 0 Å². The summed E-state index contributed by atoms with van der Waals surface area (Å²) in [5.41, 5.74) is -0.0250. The molecule has 0 aromatic carbocycles. The zero-order chi connectivity index (χ0) is 14.7. The Morgan fingerprint density at radius 3 is 2.26 bits per heavy atom. The van der Waals surface area contributed by atoms with Crippen LogP contribution in [0, 0.1) is 0 Å². The highest BCUT2D eigenvalue weighted by Crippen LogP contribution is 2.36. The second-order valence-electron chi connectivity index (χ2n) is 6.92. The fraction of sp³-hybridized carbons (Fsp3) is 1.00. The predicted molar refractivity (Wildman–Crippen MR) is 89.1 cm³/mol. The summed E-state index contributed by atoms with van der Waals surface area (Å²) in [6.07, 6.45) is 1.13. The molecule has 0 bridgehead atoms. The van der Waals surface area contributed by atoms with E-state index in [0.717, 1.165) is 12.5 Å². The van der Waals surface area contributed by atoms with Crippen molar-refractivity contribution in [2.75, 3.05) is 14.2 Å². The highest BCUT2D eigenvalue weighted by atomic mass is 29.6. The van der Waals surface area contributed by atoms with Gasteiger partial charge in [-0.3, -0.25) is 0 Å². The molecule has 0 aliphatic carbocycles. The van der Waals surface area contributed by atoms with Gasteiger partial charge in [0.15, 0.2) is 0 Å². The van der Waals surface area contributed by atoms with Crippen molar-refractivity contribution >= 4 is 33.8 Å². The Morgan fingerprint density at radius 2 is 1.84 bits per heavy atom. The van der Waals surface area contributed by atoms with Gasteiger partial charge in [0.1, 0.15) is 0 Å². The van der Waals surface area contributed by atoms with E-state index in [4.69, 9.17) is 17.4 Å². The van der Waals surface area contributed by atoms with Gasteiger partial charge in [-0.2, -0.15) is 0 Å². The minimum Gasteiger partial charge on any atom is -0.398 e. The van der Waals surface area contributed by atoms with Gasteiger partial charge in [0.25, 0.3) is 8.08 Å². The minimum absolute atomic E-state index is 0.0250. The molecule has 0 saturated carbocycles. The van der Waals surface area contributed by atoms with E-state index in [2.05, 4.69) is 33.9 Å². The van der Waals surface area contributed by atoms with Crippen molar-refractivity contribution in [3.05, 3.63) is 0 Å². The first-order chi connectivity index (χ1) is 8.67. The molecule has 0 N–H and O–H groups in total. The van der Waals surface area contributed by atoms with E-state index in [9.17, 15) is 0 Å². The quantitative estimate of drug-likeness (QED) is 0.689. The number of hydrogen-bond acceptors (Lipinski definition) is 4. The lowest BCUT2D eigenvalue weighted by Crippen LogP contribution is -2.69. The molecule has 1 heterocycles. The van der Waals surface area contributed by atoms with Crippen LogP contribution >= 0.6 is 0 Å². The van der Waals surface area contributed by atoms with Crippen LogP contribution in [0.15, 0.2) is 0 Å². The smallest absolute Gasteiger partial charge is 0.398 e. The van der Waals surface area contributed by atoms with Crippen LogP contribution < -0.4 is 0 Å². The van der Waals surface area contributed by atoms with E-state index >= 15 is 0 Å². The lowest BCUT2D eigenvalue weighted by atomic mass is 10.2. The van der Waals surface area contributed by atoms with Gasteiger partial charge in [0, 0.05) is 21.8 Å². The zero-order valence-corrected chi connectivity index (χ0v) is 18.1. The monoisotopic (exact) mass is 338 g/mol. The van der Waals surface area contributed by atoms with Crippen LogP contribution in [0.2, 0.25) is 25.2 Å². The largest absolute Gasteiger partial charge is 0.474 e. The summed E-state index contributed by atoms with van der Waals surface area (Å²) >= 11 is 0. The maximum absolute atomic E-state index is 6.56. The van der Waals surface area contributed by atoms with Gasteiger partial charge in [-0.1, -0.05) is 26.4 Å². The molecular weight excluding hydrogens is 308 g/mol. The third-order valence-electron chi connectivity index (χ3n) is 3.44. The maximum atomic E-state index is 6.56. The molecule has 4 nitrogen and oxygen atoms in total. The Balaban J connectivity index is 2.96. The first kappa shape index (κ1) is 17.8. The molecular formula is C11H30O4Si4. The Bertz CT molecular complexity index is 278. The molecule has 19 heavy (non-hydrogen) atoms. The highest BCUT2D eigenvalue weighted by Gasteiger charge is 2.53. The summed E-state index contributed by atoms with van der Waals surface area (Å²) in [5.74, 6) is 0. The van der Waals surface area contributed by atoms with Crippen LogP contribution in [-0.4, -0.2) is 53.6 Å². The first-order valence-corrected chi connectivity index (χ1v) is 18.4. The second kappa shape index (κ2) is 6.65. The van der Waals surface area contributed by atoms with Crippen LogP contribution in [0.4, 0.5) is 0 Å². The molecule has 1 rings (SSSR count). The maximum Gasteiger partial charge on any atom is 0.474 e. The first-order valence-electron chi connectivity index (χ1n) is 7.11. The van der Waals surface area contributed by atoms with Gasteiger partial charge in [0.05, 0.1) is 14.2 Å². The summed E-state index contributed by atoms with van der Waals surface area (Å²) < 4.78 is 23.7. The van der Waals surface area contributed by atoms with Crippen molar-refractivity contribution < 1.29 is 17.4 Å². The second-order valence-corrected chi connectivity index (χ2v) is 30.2. The molecule has 0 amide bonds. The van der Waals surface area contributed by atoms with E-state index < -0.39 is 25.2 Å². The Morgan fingerprint density at radius 1 is 1.26 bits per heavy atom. The molecule has 0 aromatic heterocycles. The molecule has 1 aliphatic heterocycles. The van der Waals surface area contributed by atoms with Crippen LogP contribution in [-0.2, 0) is 17.4 Å². The zero-order valence-electron chi connectivity index (χ0n) is 13.5. The van der Waals surface area contributed by atoms with Crippen molar-refractivity contribution in [2.24, 2.45) is 0 Å². The van der Waals surface area contributed by atoms with Crippen LogP contribution in [0.1, 0.15) is 27.2 Å². The Hall–Kier alpha value is 0.708. The predicted octanol–water partition coefficient (Wildman–Crippen LogP) is 1.54. The molecule has 8 heteroatoms. The van der Waals surface area contributed by atoms with Crippen molar-refractivity contribution in [3.8, 4) is 0 Å². The van der Waals surface area contributed by atoms with E-state index in [1.807, 2.05) is 0 Å². The van der Waals surface area contributed by atoms with Gasteiger partial charge in [-0.25, -0.2) is 0 Å². The lowest BCUT2D eigenvalue weighted by molar-refractivity contribution is 0.0786. The minimum atomic E-state index is -2.05. The van der Waals surface area contributed by atoms with Crippen molar-refractivity contribution in [1.82, 2.24) is 0 Å². The van der Waals surface area contributed by atoms with E-state index in [1.54, 1.807) is 14.2 Å². The molecule has 1 aliphatic rings. The summed E-state index contributed by atoms with van der Waals surface area (Å²) in [5, 5.41) is 0. The fourth-order valence-corrected chi connectivity index (χ4v) is 43.4. The summed E-state index contributed by atoms with van der Waals surface area (Å²) in [6, 6.07) is 2.37. The Kier molecular flexibility index (Phi) is 6.21. The fourth-order valence-electron chi connectivity index (χ4n) is 3.53. The summed E-state index contributed by atoms with van der Waals surface area (Å²) in [4.78, 5) is 0. The topological polar surface area (TPSA) is 36.9 Å². The van der Waals surface area contributed by atoms with Gasteiger partial charge in [-0.05, 0) is 25.9 Å². The third kappa shape index (κ3) is 5.19. The van der Waals surface area contributed by atoms with Crippen LogP contribution in [0.5, 0.6) is 0 Å². The average molecular weight is 339 g/mol. The average Bonchev–Trinajstić information content (AvgIpc) is 2.21. The number of hydrogen-bond donors (Lipinski definition) is 0. The summed E-state index contributed by atoms with van der Waals surface area (Å²) in [6.45, 7) is 11.7. The molecule has 1 atom stereocenters. The van der Waals surface area contributed by atoms with Gasteiger partial charge in [-0.15, -0.1) is 0 Å². The summed E-state index contributed by atoms with van der Waals surface area (Å²) in [7, 11) is -2.08. The molecule has 1 saturated heterocycles. The van der Waals surface area contributed by atoms with Gasteiger partial charge < -0.3 is 17.4 Å². The molecule has 0 radical (unpaired) electrons. The number of rotatable bonds is 6. The van der Waals surface area contributed by atoms with E-state index in [1.165, 1.54) is 6.04 Å². The molecule has 0 aromatic rings. The van der Waals surface area contributed by atoms with Crippen molar-refractivity contribution in [2.45, 2.75) is 58.0 Å². The molecule has 0 spiro atoms. The van der Waals surface area contributed by atoms with E-state index in [-0.39, 0.29) is 14.2 Å². The highest BCUT2D eigenvalue weighted by molar-refractivity contribution is 7.51. The lowest BCUT2D eigenvalue weighted by Gasteiger charge is -2.50. The molecule has 1 fully saturated rings. The van der Waals surface area contributed by atoms with Crippen LogP contribution in [0.3, 0.4) is 0 Å². The molecule has 114 valence electrons. The third-order valence-corrected chi connectivity index (χ3v) is 33.9. The van der Waals surface area contributed by atoms with Crippen LogP contribution in [0.25, 0.3) is 0 Å². The standard InChI is InChI=1S/C11H30O4Si4/c1-8-9-19(15-17(12-4)13-5)14-11(2,3)10-18(6,7)16-19/h17H,8-10,16H2,1-7H3. The van der Waals surface area contributed by atoms with Gasteiger partial charge in [0.2, 0.25) is 0 Å². The Labute approximate surface area is 123 Å². The molecule has 1 unspecified atom stereocenters. The van der Waals surface area contributed by atoms with Crippen molar-refractivity contribution in [3.63, 3.8) is 0 Å². The SMILES string of the molecule is CCC[Si]1(O[SiH](OC)OC)OC(C)(C)C[Si](C)(C)[SiH2]1. The normalized spacial score (nSPS) is 30.9. The van der Waals surface area contributed by atoms with Gasteiger partial charge >= 0.3 is 9.53 Å². The van der Waals surface area contributed by atoms with Crippen molar-refractivity contribution in [1.29, 1.82) is 0 Å².